The number of anilines is 1. The Kier molecular flexibility index (Phi) is 5.07. The number of nitrogens with one attached hydrogen (secondary N) is 2. The maximum Gasteiger partial charge on any atom is 0.258 e. The van der Waals surface area contributed by atoms with Gasteiger partial charge in [0, 0.05) is 11.6 Å². The minimum Gasteiger partial charge on any atom is -0.493 e. The van der Waals surface area contributed by atoms with Crippen LogP contribution in [0.4, 0.5) is 14.5 Å². The van der Waals surface area contributed by atoms with Gasteiger partial charge >= 0.3 is 0 Å². The molecule has 0 aliphatic heterocycles. The number of rotatable bonds is 5. The maximum atomic E-state index is 13.9. The normalized spacial score (nSPS) is 10.6. The molecule has 0 spiro atoms. The molecule has 1 heterocycles. The summed E-state index contributed by atoms with van der Waals surface area (Å²) >= 11 is 0. The first kappa shape index (κ1) is 18.4. The SMILES string of the molecule is COc1ccc(-c2n[nH]c(C)c2NC(=O)c2ccc(F)cc2F)cc1OC. The molecule has 3 aromatic rings. The first-order chi connectivity index (χ1) is 12.9. The molecule has 0 aliphatic carbocycles. The molecule has 0 saturated carbocycles. The highest BCUT2D eigenvalue weighted by atomic mass is 19.1. The topological polar surface area (TPSA) is 76.2 Å². The number of amides is 1. The fourth-order valence-corrected chi connectivity index (χ4v) is 2.63. The Morgan fingerprint density at radius 1 is 1.07 bits per heavy atom. The van der Waals surface area contributed by atoms with Gasteiger partial charge < -0.3 is 14.8 Å². The molecule has 0 radical (unpaired) electrons. The quantitative estimate of drug-likeness (QED) is 0.710. The van der Waals surface area contributed by atoms with Crippen molar-refractivity contribution in [3.8, 4) is 22.8 Å². The van der Waals surface area contributed by atoms with Crippen LogP contribution in [0.15, 0.2) is 36.4 Å². The molecule has 2 N–H and O–H groups in total. The standard InChI is InChI=1S/C19H17F2N3O3/c1-10-17(22-19(25)13-6-5-12(20)9-14(13)21)18(24-23-10)11-4-7-15(26-2)16(8-11)27-3/h4-9H,1-3H3,(H,22,25)(H,23,24). The number of hydrogen-bond acceptors (Lipinski definition) is 4. The molecule has 0 unspecified atom stereocenters. The van der Waals surface area contributed by atoms with Gasteiger partial charge in [0.1, 0.15) is 17.3 Å². The Hall–Kier alpha value is -3.42. The van der Waals surface area contributed by atoms with Gasteiger partial charge in [0.15, 0.2) is 11.5 Å². The van der Waals surface area contributed by atoms with Crippen LogP contribution in [0.5, 0.6) is 11.5 Å². The molecule has 0 bridgehead atoms. The van der Waals surface area contributed by atoms with Gasteiger partial charge in [-0.05, 0) is 37.3 Å². The van der Waals surface area contributed by atoms with Crippen LogP contribution in [-0.4, -0.2) is 30.3 Å². The average molecular weight is 373 g/mol. The molecule has 140 valence electrons. The summed E-state index contributed by atoms with van der Waals surface area (Å²) in [6, 6.07) is 7.95. The lowest BCUT2D eigenvalue weighted by molar-refractivity contribution is 0.102. The van der Waals surface area contributed by atoms with Crippen molar-refractivity contribution in [1.82, 2.24) is 10.2 Å². The average Bonchev–Trinajstić information content (AvgIpc) is 3.01. The van der Waals surface area contributed by atoms with E-state index in [0.29, 0.717) is 40.2 Å². The Labute approximate surface area is 154 Å². The lowest BCUT2D eigenvalue weighted by Crippen LogP contribution is -2.14. The molecule has 2 aromatic carbocycles. The predicted octanol–water partition coefficient (Wildman–Crippen LogP) is 3.93. The van der Waals surface area contributed by atoms with Gasteiger partial charge in [-0.1, -0.05) is 0 Å². The van der Waals surface area contributed by atoms with E-state index in [1.165, 1.54) is 14.2 Å². The third-order valence-electron chi connectivity index (χ3n) is 4.02. The van der Waals surface area contributed by atoms with Crippen molar-refractivity contribution < 1.29 is 23.0 Å². The Balaban J connectivity index is 1.97. The predicted molar refractivity (Wildman–Crippen MR) is 96.2 cm³/mol. The highest BCUT2D eigenvalue weighted by Gasteiger charge is 2.19. The summed E-state index contributed by atoms with van der Waals surface area (Å²) in [6.45, 7) is 1.72. The number of halogens is 2. The Morgan fingerprint density at radius 2 is 1.81 bits per heavy atom. The van der Waals surface area contributed by atoms with Crippen LogP contribution < -0.4 is 14.8 Å². The van der Waals surface area contributed by atoms with E-state index in [4.69, 9.17) is 9.47 Å². The summed E-state index contributed by atoms with van der Waals surface area (Å²) in [7, 11) is 3.04. The molecule has 8 heteroatoms. The number of aryl methyl sites for hydroxylation is 1. The van der Waals surface area contributed by atoms with Gasteiger partial charge in [-0.2, -0.15) is 5.10 Å². The van der Waals surface area contributed by atoms with E-state index in [9.17, 15) is 13.6 Å². The number of carbonyl (C=O) groups is 1. The third kappa shape index (κ3) is 3.59. The minimum atomic E-state index is -0.943. The molecule has 0 atom stereocenters. The number of hydrogen-bond donors (Lipinski definition) is 2. The zero-order chi connectivity index (χ0) is 19.6. The molecule has 1 amide bonds. The number of nitrogens with zero attached hydrogens (tertiary/aromatic N) is 1. The van der Waals surface area contributed by atoms with Gasteiger partial charge in [0.2, 0.25) is 0 Å². The molecule has 0 fully saturated rings. The lowest BCUT2D eigenvalue weighted by atomic mass is 10.1. The van der Waals surface area contributed by atoms with Crippen molar-refractivity contribution >= 4 is 11.6 Å². The number of carbonyl (C=O) groups excluding carboxylic acids is 1. The van der Waals surface area contributed by atoms with Crippen molar-refractivity contribution in [3.05, 3.63) is 59.3 Å². The van der Waals surface area contributed by atoms with E-state index in [0.717, 1.165) is 12.1 Å². The van der Waals surface area contributed by atoms with Crippen molar-refractivity contribution in [2.45, 2.75) is 6.92 Å². The smallest absolute Gasteiger partial charge is 0.258 e. The zero-order valence-corrected chi connectivity index (χ0v) is 14.9. The number of methoxy groups -OCH3 is 2. The van der Waals surface area contributed by atoms with Crippen molar-refractivity contribution in [2.75, 3.05) is 19.5 Å². The van der Waals surface area contributed by atoms with Crippen LogP contribution in [0.3, 0.4) is 0 Å². The van der Waals surface area contributed by atoms with E-state index in [1.807, 2.05) is 0 Å². The van der Waals surface area contributed by atoms with E-state index in [-0.39, 0.29) is 5.56 Å². The van der Waals surface area contributed by atoms with Crippen LogP contribution in [0, 0.1) is 18.6 Å². The highest BCUT2D eigenvalue weighted by Crippen LogP contribution is 2.35. The van der Waals surface area contributed by atoms with Crippen LogP contribution in [0.25, 0.3) is 11.3 Å². The summed E-state index contributed by atoms with van der Waals surface area (Å²) in [5.74, 6) is -1.36. The second-order valence-corrected chi connectivity index (χ2v) is 5.72. The van der Waals surface area contributed by atoms with E-state index in [2.05, 4.69) is 15.5 Å². The van der Waals surface area contributed by atoms with Gasteiger partial charge in [-0.25, -0.2) is 8.78 Å². The number of aromatic amines is 1. The van der Waals surface area contributed by atoms with Gasteiger partial charge in [-0.15, -0.1) is 0 Å². The monoisotopic (exact) mass is 373 g/mol. The summed E-state index contributed by atoms with van der Waals surface area (Å²) in [6.07, 6.45) is 0. The summed E-state index contributed by atoms with van der Waals surface area (Å²) in [4.78, 5) is 12.4. The molecule has 0 saturated heterocycles. The number of benzene rings is 2. The molecule has 27 heavy (non-hydrogen) atoms. The fraction of sp³-hybridized carbons (Fsp3) is 0.158. The second kappa shape index (κ2) is 7.45. The first-order valence-electron chi connectivity index (χ1n) is 7.98. The maximum absolute atomic E-state index is 13.9. The summed E-state index contributed by atoms with van der Waals surface area (Å²) in [5.41, 5.74) is 1.80. The van der Waals surface area contributed by atoms with Crippen molar-refractivity contribution in [1.29, 1.82) is 0 Å². The first-order valence-corrected chi connectivity index (χ1v) is 7.98. The van der Waals surface area contributed by atoms with Gasteiger partial charge in [0.05, 0.1) is 31.2 Å². The molecular formula is C19H17F2N3O3. The summed E-state index contributed by atoms with van der Waals surface area (Å²) < 4.78 is 37.4. The van der Waals surface area contributed by atoms with Crippen LogP contribution in [-0.2, 0) is 0 Å². The molecule has 1 aromatic heterocycles. The zero-order valence-electron chi connectivity index (χ0n) is 14.9. The summed E-state index contributed by atoms with van der Waals surface area (Å²) in [5, 5.41) is 9.63. The van der Waals surface area contributed by atoms with Crippen LogP contribution in [0.1, 0.15) is 16.1 Å². The number of ether oxygens (including phenoxy) is 2. The van der Waals surface area contributed by atoms with Gasteiger partial charge in [0.25, 0.3) is 5.91 Å². The van der Waals surface area contributed by atoms with E-state index in [1.54, 1.807) is 25.1 Å². The minimum absolute atomic E-state index is 0.268. The Bertz CT molecular complexity index is 1000. The van der Waals surface area contributed by atoms with Gasteiger partial charge in [-0.3, -0.25) is 9.89 Å². The largest absolute Gasteiger partial charge is 0.493 e. The molecule has 3 rings (SSSR count). The molecule has 0 aliphatic rings. The number of aromatic nitrogens is 2. The number of H-pyrrole nitrogens is 1. The highest BCUT2D eigenvalue weighted by molar-refractivity contribution is 6.06. The Morgan fingerprint density at radius 3 is 2.48 bits per heavy atom. The molecule has 6 nitrogen and oxygen atoms in total. The third-order valence-corrected chi connectivity index (χ3v) is 4.02. The molecular weight excluding hydrogens is 356 g/mol. The van der Waals surface area contributed by atoms with Crippen molar-refractivity contribution in [2.24, 2.45) is 0 Å². The van der Waals surface area contributed by atoms with Crippen LogP contribution in [0.2, 0.25) is 0 Å². The fourth-order valence-electron chi connectivity index (χ4n) is 2.63. The van der Waals surface area contributed by atoms with Crippen molar-refractivity contribution in [3.63, 3.8) is 0 Å². The second-order valence-electron chi connectivity index (χ2n) is 5.72. The van der Waals surface area contributed by atoms with E-state index >= 15 is 0 Å². The van der Waals surface area contributed by atoms with E-state index < -0.39 is 17.5 Å². The lowest BCUT2D eigenvalue weighted by Gasteiger charge is -2.11. The van der Waals surface area contributed by atoms with Crippen LogP contribution >= 0.6 is 0 Å².